The molecule has 1 aromatic rings. The Morgan fingerprint density at radius 2 is 2.09 bits per heavy atom. The molecule has 3 fully saturated rings. The third-order valence-electron chi connectivity index (χ3n) is 6.42. The second-order valence-electron chi connectivity index (χ2n) is 7.92. The van der Waals surface area contributed by atoms with E-state index < -0.39 is 0 Å². The van der Waals surface area contributed by atoms with Crippen molar-refractivity contribution in [1.82, 2.24) is 10.6 Å². The van der Waals surface area contributed by atoms with Gasteiger partial charge in [0, 0.05) is 12.6 Å². The maximum Gasteiger partial charge on any atom is 0.227 e. The molecule has 3 heteroatoms. The predicted octanol–water partition coefficient (Wildman–Crippen LogP) is 2.90. The lowest BCUT2D eigenvalue weighted by atomic mass is 9.68. The Morgan fingerprint density at radius 1 is 1.22 bits per heavy atom. The molecule has 0 aromatic heterocycles. The van der Waals surface area contributed by atoms with Crippen molar-refractivity contribution >= 4 is 5.91 Å². The van der Waals surface area contributed by atoms with Crippen LogP contribution in [-0.4, -0.2) is 25.0 Å². The average Bonchev–Trinajstić information content (AvgIpc) is 3.18. The first-order chi connectivity index (χ1) is 11.3. The highest BCUT2D eigenvalue weighted by molar-refractivity contribution is 5.84. The number of fused-ring (bicyclic) bond motifs is 2. The summed E-state index contributed by atoms with van der Waals surface area (Å²) in [4.78, 5) is 13.3. The van der Waals surface area contributed by atoms with Gasteiger partial charge in [-0.05, 0) is 62.5 Å². The number of benzene rings is 1. The van der Waals surface area contributed by atoms with Crippen molar-refractivity contribution in [2.24, 2.45) is 17.3 Å². The fourth-order valence-electron chi connectivity index (χ4n) is 5.28. The lowest BCUT2D eigenvalue weighted by Gasteiger charge is -2.38. The lowest BCUT2D eigenvalue weighted by molar-refractivity contribution is -0.135. The molecule has 4 unspecified atom stereocenters. The second kappa shape index (κ2) is 6.27. The monoisotopic (exact) mass is 312 g/mol. The number of hydrogen-bond donors (Lipinski definition) is 2. The van der Waals surface area contributed by atoms with E-state index in [0.29, 0.717) is 17.9 Å². The average molecular weight is 312 g/mol. The highest BCUT2D eigenvalue weighted by Gasteiger charge is 2.55. The molecule has 23 heavy (non-hydrogen) atoms. The van der Waals surface area contributed by atoms with Crippen LogP contribution in [0.4, 0.5) is 0 Å². The molecule has 2 N–H and O–H groups in total. The van der Waals surface area contributed by atoms with Gasteiger partial charge in [-0.2, -0.15) is 0 Å². The van der Waals surface area contributed by atoms with E-state index in [-0.39, 0.29) is 5.41 Å². The van der Waals surface area contributed by atoms with Gasteiger partial charge < -0.3 is 10.6 Å². The van der Waals surface area contributed by atoms with Crippen LogP contribution in [-0.2, 0) is 11.2 Å². The molecule has 3 nitrogen and oxygen atoms in total. The van der Waals surface area contributed by atoms with Crippen molar-refractivity contribution in [2.75, 3.05) is 13.1 Å². The first kappa shape index (κ1) is 15.2. The van der Waals surface area contributed by atoms with Crippen LogP contribution in [0.2, 0.25) is 0 Å². The molecule has 0 radical (unpaired) electrons. The molecule has 2 saturated carbocycles. The van der Waals surface area contributed by atoms with E-state index in [1.54, 1.807) is 0 Å². The number of carbonyl (C=O) groups excluding carboxylic acids is 1. The molecule has 1 aromatic carbocycles. The summed E-state index contributed by atoms with van der Waals surface area (Å²) in [5.74, 6) is 1.70. The summed E-state index contributed by atoms with van der Waals surface area (Å²) in [6.07, 6.45) is 8.15. The van der Waals surface area contributed by atoms with Gasteiger partial charge in [0.15, 0.2) is 0 Å². The van der Waals surface area contributed by atoms with Crippen molar-refractivity contribution in [2.45, 2.75) is 51.0 Å². The van der Waals surface area contributed by atoms with Crippen LogP contribution in [0.1, 0.15) is 44.1 Å². The lowest BCUT2D eigenvalue weighted by Crippen LogP contribution is -2.53. The summed E-state index contributed by atoms with van der Waals surface area (Å²) in [6.45, 7) is 2.02. The minimum atomic E-state index is -0.151. The van der Waals surface area contributed by atoms with Crippen molar-refractivity contribution in [1.29, 1.82) is 0 Å². The van der Waals surface area contributed by atoms with Gasteiger partial charge in [0.05, 0.1) is 5.41 Å². The molecular weight excluding hydrogens is 284 g/mol. The molecule has 4 atom stereocenters. The molecule has 1 saturated heterocycles. The Morgan fingerprint density at radius 3 is 2.74 bits per heavy atom. The third kappa shape index (κ3) is 2.91. The molecule has 1 heterocycles. The SMILES string of the molecule is O=C(NC1CCCNC1)C1(Cc2ccccc2)CC2CCC1C2. The van der Waals surface area contributed by atoms with Crippen LogP contribution in [0.15, 0.2) is 30.3 Å². The van der Waals surface area contributed by atoms with Crippen LogP contribution in [0, 0.1) is 17.3 Å². The smallest absolute Gasteiger partial charge is 0.227 e. The van der Waals surface area contributed by atoms with Gasteiger partial charge in [0.25, 0.3) is 0 Å². The predicted molar refractivity (Wildman–Crippen MR) is 92.1 cm³/mol. The Bertz CT molecular complexity index is 552. The van der Waals surface area contributed by atoms with E-state index in [1.807, 2.05) is 0 Å². The number of nitrogens with one attached hydrogen (secondary N) is 2. The summed E-state index contributed by atoms with van der Waals surface area (Å²) in [6, 6.07) is 10.9. The Labute approximate surface area is 139 Å². The van der Waals surface area contributed by atoms with Gasteiger partial charge >= 0.3 is 0 Å². The molecule has 2 bridgehead atoms. The van der Waals surface area contributed by atoms with Gasteiger partial charge in [0.2, 0.25) is 5.91 Å². The first-order valence-corrected chi connectivity index (χ1v) is 9.32. The number of amides is 1. The van der Waals surface area contributed by atoms with Crippen molar-refractivity contribution in [3.05, 3.63) is 35.9 Å². The number of rotatable bonds is 4. The number of carbonyl (C=O) groups is 1. The minimum Gasteiger partial charge on any atom is -0.352 e. The molecule has 3 aliphatic rings. The standard InChI is InChI=1S/C20H28N2O/c23-19(22-18-7-4-10-21-14-18)20(12-15-5-2-1-3-6-15)13-16-8-9-17(20)11-16/h1-3,5-6,16-18,21H,4,7-14H2,(H,22,23). The fourth-order valence-corrected chi connectivity index (χ4v) is 5.28. The molecule has 1 amide bonds. The molecular formula is C20H28N2O. The van der Waals surface area contributed by atoms with Crippen LogP contribution in [0.5, 0.6) is 0 Å². The minimum absolute atomic E-state index is 0.151. The zero-order valence-electron chi connectivity index (χ0n) is 13.9. The van der Waals surface area contributed by atoms with Crippen molar-refractivity contribution in [3.63, 3.8) is 0 Å². The van der Waals surface area contributed by atoms with Crippen LogP contribution >= 0.6 is 0 Å². The van der Waals surface area contributed by atoms with Gasteiger partial charge in [-0.3, -0.25) is 4.79 Å². The van der Waals surface area contributed by atoms with E-state index >= 15 is 0 Å². The topological polar surface area (TPSA) is 41.1 Å². The van der Waals surface area contributed by atoms with Crippen molar-refractivity contribution < 1.29 is 4.79 Å². The highest BCUT2D eigenvalue weighted by Crippen LogP contribution is 2.57. The van der Waals surface area contributed by atoms with E-state index in [1.165, 1.54) is 31.2 Å². The van der Waals surface area contributed by atoms with Crippen molar-refractivity contribution in [3.8, 4) is 0 Å². The van der Waals surface area contributed by atoms with Crippen LogP contribution < -0.4 is 10.6 Å². The number of hydrogen-bond acceptors (Lipinski definition) is 2. The zero-order chi connectivity index (χ0) is 15.7. The Hall–Kier alpha value is -1.35. The first-order valence-electron chi connectivity index (χ1n) is 9.32. The number of piperidine rings is 1. The maximum atomic E-state index is 13.3. The van der Waals surface area contributed by atoms with E-state index in [0.717, 1.165) is 38.3 Å². The third-order valence-corrected chi connectivity index (χ3v) is 6.42. The van der Waals surface area contributed by atoms with E-state index in [2.05, 4.69) is 41.0 Å². The Balaban J connectivity index is 1.54. The highest BCUT2D eigenvalue weighted by atomic mass is 16.2. The Kier molecular flexibility index (Phi) is 4.14. The van der Waals surface area contributed by atoms with E-state index in [9.17, 15) is 4.79 Å². The van der Waals surface area contributed by atoms with Gasteiger partial charge in [-0.1, -0.05) is 36.8 Å². The largest absolute Gasteiger partial charge is 0.352 e. The summed E-state index contributed by atoms with van der Waals surface area (Å²) in [5.41, 5.74) is 1.17. The van der Waals surface area contributed by atoms with E-state index in [4.69, 9.17) is 0 Å². The summed E-state index contributed by atoms with van der Waals surface area (Å²) < 4.78 is 0. The maximum absolute atomic E-state index is 13.3. The molecule has 4 rings (SSSR count). The molecule has 0 spiro atoms. The molecule has 1 aliphatic heterocycles. The van der Waals surface area contributed by atoms with Gasteiger partial charge in [-0.25, -0.2) is 0 Å². The fraction of sp³-hybridized carbons (Fsp3) is 0.650. The van der Waals surface area contributed by atoms with Gasteiger partial charge in [-0.15, -0.1) is 0 Å². The normalized spacial score (nSPS) is 36.1. The zero-order valence-corrected chi connectivity index (χ0v) is 13.9. The quantitative estimate of drug-likeness (QED) is 0.897. The second-order valence-corrected chi connectivity index (χ2v) is 7.92. The summed E-state index contributed by atoms with van der Waals surface area (Å²) in [7, 11) is 0. The molecule has 124 valence electrons. The summed E-state index contributed by atoms with van der Waals surface area (Å²) >= 11 is 0. The van der Waals surface area contributed by atoms with Crippen LogP contribution in [0.25, 0.3) is 0 Å². The molecule has 2 aliphatic carbocycles. The summed E-state index contributed by atoms with van der Waals surface area (Å²) in [5, 5.41) is 6.82. The van der Waals surface area contributed by atoms with Crippen LogP contribution in [0.3, 0.4) is 0 Å². The van der Waals surface area contributed by atoms with Gasteiger partial charge in [0.1, 0.15) is 0 Å².